The Hall–Kier alpha value is -3.74. The van der Waals surface area contributed by atoms with Gasteiger partial charge in [0.1, 0.15) is 5.75 Å². The number of rotatable bonds is 7. The molecule has 7 nitrogen and oxygen atoms in total. The Morgan fingerprint density at radius 2 is 1.74 bits per heavy atom. The van der Waals surface area contributed by atoms with Gasteiger partial charge in [-0.2, -0.15) is 0 Å². The summed E-state index contributed by atoms with van der Waals surface area (Å²) in [5.41, 5.74) is 3.71. The van der Waals surface area contributed by atoms with Gasteiger partial charge in [0.05, 0.1) is 12.7 Å². The van der Waals surface area contributed by atoms with Gasteiger partial charge in [-0.05, 0) is 61.9 Å². The Labute approximate surface area is 180 Å². The van der Waals surface area contributed by atoms with Crippen LogP contribution >= 0.6 is 0 Å². The normalized spacial score (nSPS) is 12.0. The third-order valence-corrected chi connectivity index (χ3v) is 5.31. The molecule has 0 radical (unpaired) electrons. The zero-order valence-electron chi connectivity index (χ0n) is 17.6. The molecule has 0 spiro atoms. The van der Waals surface area contributed by atoms with Crippen LogP contribution in [0.25, 0.3) is 0 Å². The minimum absolute atomic E-state index is 0.230. The number of fused-ring (bicyclic) bond motifs is 1. The molecule has 0 N–H and O–H groups in total. The quantitative estimate of drug-likeness (QED) is 0.425. The van der Waals surface area contributed by atoms with Crippen molar-refractivity contribution < 1.29 is 28.5 Å². The lowest BCUT2D eigenvalue weighted by atomic mass is 10.1. The Kier molecular flexibility index (Phi) is 5.66. The Morgan fingerprint density at radius 3 is 2.48 bits per heavy atom. The first-order chi connectivity index (χ1) is 15.0. The molecule has 0 amide bonds. The topological polar surface area (TPSA) is 76.0 Å². The summed E-state index contributed by atoms with van der Waals surface area (Å²) in [5.74, 6) is 1.31. The van der Waals surface area contributed by atoms with E-state index in [-0.39, 0.29) is 19.2 Å². The van der Waals surface area contributed by atoms with Crippen molar-refractivity contribution >= 4 is 11.8 Å². The van der Waals surface area contributed by atoms with Gasteiger partial charge in [-0.1, -0.05) is 6.07 Å². The molecule has 2 heterocycles. The van der Waals surface area contributed by atoms with E-state index < -0.39 is 5.97 Å². The van der Waals surface area contributed by atoms with Crippen molar-refractivity contribution in [1.29, 1.82) is 0 Å². The summed E-state index contributed by atoms with van der Waals surface area (Å²) < 4.78 is 23.1. The zero-order chi connectivity index (χ0) is 22.0. The van der Waals surface area contributed by atoms with E-state index in [1.807, 2.05) is 38.1 Å². The summed E-state index contributed by atoms with van der Waals surface area (Å²) in [5, 5.41) is 0. The maximum Gasteiger partial charge on any atom is 0.338 e. The van der Waals surface area contributed by atoms with E-state index in [2.05, 4.69) is 4.57 Å². The van der Waals surface area contributed by atoms with E-state index in [0.717, 1.165) is 28.5 Å². The molecule has 0 fully saturated rings. The molecule has 0 bridgehead atoms. The van der Waals surface area contributed by atoms with Gasteiger partial charge < -0.3 is 23.5 Å². The van der Waals surface area contributed by atoms with E-state index >= 15 is 0 Å². The fraction of sp³-hybridized carbons (Fsp3) is 0.250. The molecule has 160 valence electrons. The van der Waals surface area contributed by atoms with Crippen LogP contribution in [0.4, 0.5) is 0 Å². The third-order valence-electron chi connectivity index (χ3n) is 5.31. The second-order valence-corrected chi connectivity index (χ2v) is 7.29. The van der Waals surface area contributed by atoms with E-state index in [1.54, 1.807) is 31.4 Å². The van der Waals surface area contributed by atoms with Crippen LogP contribution in [0.2, 0.25) is 0 Å². The van der Waals surface area contributed by atoms with Crippen LogP contribution in [-0.4, -0.2) is 36.8 Å². The summed E-state index contributed by atoms with van der Waals surface area (Å²) in [6, 6.07) is 14.2. The molecule has 0 saturated carbocycles. The molecular weight excluding hydrogens is 398 g/mol. The number of Topliss-reactive ketones (excluding diaryl/α,β-unsaturated/α-hetero) is 1. The molecule has 1 aliphatic rings. The van der Waals surface area contributed by atoms with E-state index in [4.69, 9.17) is 18.9 Å². The Balaban J connectivity index is 1.43. The first kappa shape index (κ1) is 20.5. The average molecular weight is 421 g/mol. The number of esters is 1. The van der Waals surface area contributed by atoms with Crippen molar-refractivity contribution in [3.8, 4) is 17.2 Å². The van der Waals surface area contributed by atoms with Crippen molar-refractivity contribution in [3.05, 3.63) is 76.6 Å². The lowest BCUT2D eigenvalue weighted by molar-refractivity contribution is 0.0474. The molecule has 0 atom stereocenters. The van der Waals surface area contributed by atoms with Gasteiger partial charge >= 0.3 is 5.97 Å². The standard InChI is InChI=1S/C24H23NO6/c1-15-10-20(21(26)13-29-24(27)18-5-7-19(28-3)8-6-18)16(2)25(15)12-17-4-9-22-23(11-17)31-14-30-22/h4-11H,12-14H2,1-3H3. The summed E-state index contributed by atoms with van der Waals surface area (Å²) in [4.78, 5) is 25.0. The highest BCUT2D eigenvalue weighted by atomic mass is 16.7. The summed E-state index contributed by atoms with van der Waals surface area (Å²) in [7, 11) is 1.55. The number of methoxy groups -OCH3 is 1. The second kappa shape index (κ2) is 8.55. The molecule has 0 unspecified atom stereocenters. The van der Waals surface area contributed by atoms with E-state index in [1.165, 1.54) is 0 Å². The fourth-order valence-corrected chi connectivity index (χ4v) is 3.57. The first-order valence-corrected chi connectivity index (χ1v) is 9.86. The lowest BCUT2D eigenvalue weighted by Crippen LogP contribution is -2.15. The number of aromatic nitrogens is 1. The van der Waals surface area contributed by atoms with Gasteiger partial charge in [-0.15, -0.1) is 0 Å². The SMILES string of the molecule is COc1ccc(C(=O)OCC(=O)c2cc(C)n(Cc3ccc4c(c3)OCO4)c2C)cc1. The molecule has 2 aromatic carbocycles. The van der Waals surface area contributed by atoms with Crippen molar-refractivity contribution in [2.24, 2.45) is 0 Å². The molecule has 4 rings (SSSR count). The number of nitrogens with zero attached hydrogens (tertiary/aromatic N) is 1. The van der Waals surface area contributed by atoms with Crippen LogP contribution in [0, 0.1) is 13.8 Å². The largest absolute Gasteiger partial charge is 0.497 e. The minimum Gasteiger partial charge on any atom is -0.497 e. The van der Waals surface area contributed by atoms with Crippen LogP contribution in [-0.2, 0) is 11.3 Å². The molecule has 3 aromatic rings. The number of carbonyl (C=O) groups is 2. The third kappa shape index (κ3) is 4.26. The number of ketones is 1. The average Bonchev–Trinajstić information content (AvgIpc) is 3.36. The number of hydrogen-bond acceptors (Lipinski definition) is 6. The van der Waals surface area contributed by atoms with Crippen LogP contribution in [0.1, 0.15) is 37.7 Å². The summed E-state index contributed by atoms with van der Waals surface area (Å²) in [6.07, 6.45) is 0. The maximum atomic E-state index is 12.7. The summed E-state index contributed by atoms with van der Waals surface area (Å²) in [6.45, 7) is 4.33. The van der Waals surface area contributed by atoms with Crippen molar-refractivity contribution in [3.63, 3.8) is 0 Å². The molecule has 0 aliphatic carbocycles. The van der Waals surface area contributed by atoms with Crippen LogP contribution in [0.5, 0.6) is 17.2 Å². The molecule has 7 heteroatoms. The van der Waals surface area contributed by atoms with Gasteiger partial charge in [0, 0.05) is 23.5 Å². The minimum atomic E-state index is -0.551. The van der Waals surface area contributed by atoms with Gasteiger partial charge in [0.15, 0.2) is 18.1 Å². The lowest BCUT2D eigenvalue weighted by Gasteiger charge is -2.11. The number of aryl methyl sites for hydroxylation is 1. The van der Waals surface area contributed by atoms with Crippen molar-refractivity contribution in [2.45, 2.75) is 20.4 Å². The predicted octanol–water partition coefficient (Wildman–Crippen LogP) is 3.93. The zero-order valence-corrected chi connectivity index (χ0v) is 17.6. The van der Waals surface area contributed by atoms with Crippen LogP contribution in [0.15, 0.2) is 48.5 Å². The first-order valence-electron chi connectivity index (χ1n) is 9.86. The molecule has 1 aliphatic heterocycles. The fourth-order valence-electron chi connectivity index (χ4n) is 3.57. The van der Waals surface area contributed by atoms with Gasteiger partial charge in [-0.3, -0.25) is 4.79 Å². The van der Waals surface area contributed by atoms with Gasteiger partial charge in [0.2, 0.25) is 12.6 Å². The highest BCUT2D eigenvalue weighted by Gasteiger charge is 2.19. The van der Waals surface area contributed by atoms with Crippen LogP contribution in [0.3, 0.4) is 0 Å². The summed E-state index contributed by atoms with van der Waals surface area (Å²) >= 11 is 0. The molecule has 0 saturated heterocycles. The maximum absolute atomic E-state index is 12.7. The Morgan fingerprint density at radius 1 is 1.00 bits per heavy atom. The number of benzene rings is 2. The van der Waals surface area contributed by atoms with Gasteiger partial charge in [-0.25, -0.2) is 4.79 Å². The number of carbonyl (C=O) groups excluding carboxylic acids is 2. The van der Waals surface area contributed by atoms with Crippen molar-refractivity contribution in [2.75, 3.05) is 20.5 Å². The molecule has 1 aromatic heterocycles. The highest BCUT2D eigenvalue weighted by Crippen LogP contribution is 2.33. The number of hydrogen-bond donors (Lipinski definition) is 0. The van der Waals surface area contributed by atoms with Crippen LogP contribution < -0.4 is 14.2 Å². The second-order valence-electron chi connectivity index (χ2n) is 7.29. The Bertz CT molecular complexity index is 1130. The molecule has 31 heavy (non-hydrogen) atoms. The van der Waals surface area contributed by atoms with Crippen molar-refractivity contribution in [1.82, 2.24) is 4.57 Å². The number of ether oxygens (including phenoxy) is 4. The predicted molar refractivity (Wildman–Crippen MR) is 113 cm³/mol. The molecular formula is C24H23NO6. The smallest absolute Gasteiger partial charge is 0.338 e. The van der Waals surface area contributed by atoms with E-state index in [9.17, 15) is 9.59 Å². The van der Waals surface area contributed by atoms with Gasteiger partial charge in [0.25, 0.3) is 0 Å². The highest BCUT2D eigenvalue weighted by molar-refractivity contribution is 6.00. The van der Waals surface area contributed by atoms with E-state index in [0.29, 0.717) is 23.4 Å². The monoisotopic (exact) mass is 421 g/mol.